The normalized spacial score (nSPS) is 26.4. The summed E-state index contributed by atoms with van der Waals surface area (Å²) in [7, 11) is 1.58. The number of hydrogen-bond donors (Lipinski definition) is 2. The first-order chi connectivity index (χ1) is 23.9. The number of imide groups is 1. The first kappa shape index (κ1) is 30.2. The third-order valence-corrected chi connectivity index (χ3v) is 13.3. The molecule has 3 heterocycles. The van der Waals surface area contributed by atoms with Crippen molar-refractivity contribution in [1.29, 1.82) is 0 Å². The van der Waals surface area contributed by atoms with Gasteiger partial charge in [0.15, 0.2) is 6.61 Å². The molecule has 4 aromatic carbocycles. The van der Waals surface area contributed by atoms with Gasteiger partial charge in [0.1, 0.15) is 11.5 Å². The Hall–Kier alpha value is -4.87. The van der Waals surface area contributed by atoms with Gasteiger partial charge in [0, 0.05) is 27.1 Å². The minimum atomic E-state index is -0.385. The first-order valence-electron chi connectivity index (χ1n) is 16.3. The van der Waals surface area contributed by atoms with Gasteiger partial charge in [0.25, 0.3) is 5.91 Å². The predicted octanol–water partition coefficient (Wildman–Crippen LogP) is 6.29. The number of anilines is 2. The smallest absolute Gasteiger partial charge is 0.305 e. The number of carbonyl (C=O) groups excluding carboxylic acids is 3. The van der Waals surface area contributed by atoms with E-state index in [-0.39, 0.29) is 70.0 Å². The van der Waals surface area contributed by atoms with E-state index in [1.165, 1.54) is 16.2 Å². The molecule has 4 unspecified atom stereocenters. The van der Waals surface area contributed by atoms with Crippen LogP contribution in [0.15, 0.2) is 101 Å². The molecule has 246 valence electrons. The molecule has 2 aliphatic carbocycles. The summed E-state index contributed by atoms with van der Waals surface area (Å²) in [5, 5.41) is 5.91. The van der Waals surface area contributed by atoms with Crippen molar-refractivity contribution in [2.75, 3.05) is 23.9 Å². The summed E-state index contributed by atoms with van der Waals surface area (Å²) in [6, 6.07) is 28.4. The topological polar surface area (TPSA) is 118 Å². The molecule has 3 amide bonds. The second-order valence-electron chi connectivity index (χ2n) is 13.1. The highest BCUT2D eigenvalue weighted by atomic mass is 32.2. The number of fused-ring (bicyclic) bond motifs is 10. The van der Waals surface area contributed by atoms with Gasteiger partial charge in [0.2, 0.25) is 11.8 Å². The molecule has 5 aromatic rings. The van der Waals surface area contributed by atoms with Crippen LogP contribution in [0.5, 0.6) is 11.5 Å². The van der Waals surface area contributed by atoms with Gasteiger partial charge in [-0.3, -0.25) is 24.1 Å². The van der Waals surface area contributed by atoms with E-state index in [0.717, 1.165) is 38.3 Å². The maximum Gasteiger partial charge on any atom is 0.305 e. The van der Waals surface area contributed by atoms with Gasteiger partial charge in [0.05, 0.1) is 29.7 Å². The molecule has 2 N–H and O–H groups in total. The fourth-order valence-electron chi connectivity index (χ4n) is 8.82. The van der Waals surface area contributed by atoms with Gasteiger partial charge >= 0.3 is 4.87 Å². The third-order valence-electron chi connectivity index (χ3n) is 10.7. The third kappa shape index (κ3) is 4.81. The second-order valence-corrected chi connectivity index (χ2v) is 15.3. The molecule has 9 nitrogen and oxygen atoms in total. The van der Waals surface area contributed by atoms with Crippen molar-refractivity contribution in [3.63, 3.8) is 0 Å². The lowest BCUT2D eigenvalue weighted by Crippen LogP contribution is -2.42. The van der Waals surface area contributed by atoms with Gasteiger partial charge in [-0.25, -0.2) is 0 Å². The molecule has 7 atom stereocenters. The summed E-state index contributed by atoms with van der Waals surface area (Å²) in [5.41, 5.74) is 2.32. The maximum absolute atomic E-state index is 14.0. The molecule has 9 rings (SSSR count). The summed E-state index contributed by atoms with van der Waals surface area (Å²) < 4.78 is 11.2. The van der Waals surface area contributed by atoms with Gasteiger partial charge in [-0.15, -0.1) is 11.8 Å². The average Bonchev–Trinajstić information content (AvgIpc) is 3.86. The van der Waals surface area contributed by atoms with Gasteiger partial charge in [-0.05, 0) is 77.6 Å². The van der Waals surface area contributed by atoms with E-state index in [0.29, 0.717) is 17.2 Å². The Labute approximate surface area is 289 Å². The molecule has 2 saturated carbocycles. The number of rotatable bonds is 7. The van der Waals surface area contributed by atoms with E-state index in [1.807, 2.05) is 66.7 Å². The number of thiazole rings is 1. The summed E-state index contributed by atoms with van der Waals surface area (Å²) in [6.07, 6.45) is 0.814. The Morgan fingerprint density at radius 3 is 2.37 bits per heavy atom. The van der Waals surface area contributed by atoms with Crippen molar-refractivity contribution in [2.45, 2.75) is 22.6 Å². The number of thioether (sulfide) groups is 1. The summed E-state index contributed by atoms with van der Waals surface area (Å²) in [6.45, 7) is -0.148. The fourth-order valence-corrected chi connectivity index (χ4v) is 11.7. The van der Waals surface area contributed by atoms with Crippen molar-refractivity contribution < 1.29 is 23.9 Å². The number of methoxy groups -OCH3 is 1. The van der Waals surface area contributed by atoms with E-state index >= 15 is 0 Å². The van der Waals surface area contributed by atoms with Crippen LogP contribution in [0.1, 0.15) is 22.8 Å². The van der Waals surface area contributed by atoms with Crippen LogP contribution in [0.3, 0.4) is 0 Å². The molecule has 3 fully saturated rings. The second kappa shape index (κ2) is 11.6. The zero-order valence-electron chi connectivity index (χ0n) is 26.3. The molecule has 0 spiro atoms. The summed E-state index contributed by atoms with van der Waals surface area (Å²) >= 11 is 2.89. The first-order valence-corrected chi connectivity index (χ1v) is 18.0. The molecular weight excluding hydrogens is 659 g/mol. The Kier molecular flexibility index (Phi) is 7.17. The molecule has 4 aliphatic rings. The average molecular weight is 690 g/mol. The number of amides is 3. The van der Waals surface area contributed by atoms with Gasteiger partial charge in [-0.2, -0.15) is 0 Å². The Balaban J connectivity index is 0.962. The lowest BCUT2D eigenvalue weighted by Gasteiger charge is -2.43. The number of aromatic amines is 1. The monoisotopic (exact) mass is 689 g/mol. The van der Waals surface area contributed by atoms with Crippen molar-refractivity contribution in [2.24, 2.45) is 29.6 Å². The lowest BCUT2D eigenvalue weighted by atomic mass is 9.68. The molecule has 49 heavy (non-hydrogen) atoms. The minimum absolute atomic E-state index is 0.0104. The SMILES string of the molecule is COc1ccc(N2C(=O)C3C(C2=O)[C@@H]2C[C@H]3C3Sc4[nH]c(=O)sc4[C@H](c4ccc(OCC(=O)Nc5cccc6ccccc56)cc4)C32)cc1. The van der Waals surface area contributed by atoms with E-state index in [4.69, 9.17) is 9.47 Å². The molecule has 11 heteroatoms. The highest BCUT2D eigenvalue weighted by Crippen LogP contribution is 2.68. The zero-order chi connectivity index (χ0) is 33.4. The van der Waals surface area contributed by atoms with Crippen LogP contribution in [-0.2, 0) is 14.4 Å². The largest absolute Gasteiger partial charge is 0.497 e. The summed E-state index contributed by atoms with van der Waals surface area (Å²) in [4.78, 5) is 58.7. The standard InChI is InChI=1S/C38H31N3O6S2/c1-46-22-15-11-21(12-16-22)41-36(43)31-25-17-26(32(31)37(41)44)33-30(25)29(34-35(48-33)40-38(45)49-34)20-9-13-23(14-10-20)47-18-28(42)39-27-8-4-6-19-5-2-3-7-24(19)27/h2-16,25-26,29-33H,17-18H2,1H3,(H,39,42)(H,40,45)/t25-,26-,29-,30?,31?,32?,33?/m1/s1. The van der Waals surface area contributed by atoms with Crippen molar-refractivity contribution in [3.05, 3.63) is 111 Å². The predicted molar refractivity (Wildman–Crippen MR) is 188 cm³/mol. The number of nitrogens with one attached hydrogen (secondary N) is 2. The van der Waals surface area contributed by atoms with E-state index < -0.39 is 0 Å². The van der Waals surface area contributed by atoms with Crippen molar-refractivity contribution >= 4 is 63.0 Å². The quantitative estimate of drug-likeness (QED) is 0.193. The van der Waals surface area contributed by atoms with E-state index in [9.17, 15) is 19.2 Å². The van der Waals surface area contributed by atoms with Crippen LogP contribution < -0.4 is 24.6 Å². The Bertz CT molecular complexity index is 2190. The number of H-pyrrole nitrogens is 1. The Morgan fingerprint density at radius 1 is 0.878 bits per heavy atom. The van der Waals surface area contributed by atoms with Crippen LogP contribution in [-0.4, -0.2) is 41.7 Å². The molecule has 1 aromatic heterocycles. The zero-order valence-corrected chi connectivity index (χ0v) is 28.0. The van der Waals surface area contributed by atoms with E-state index in [2.05, 4.69) is 10.3 Å². The maximum atomic E-state index is 14.0. The van der Waals surface area contributed by atoms with E-state index in [1.54, 1.807) is 43.1 Å². The number of carbonyl (C=O) groups is 3. The molecular formula is C38H31N3O6S2. The van der Waals surface area contributed by atoms with Crippen molar-refractivity contribution in [1.82, 2.24) is 4.98 Å². The summed E-state index contributed by atoms with van der Waals surface area (Å²) in [5.74, 6) is -0.0279. The number of ether oxygens (including phenoxy) is 2. The molecule has 2 aliphatic heterocycles. The van der Waals surface area contributed by atoms with Crippen molar-refractivity contribution in [3.8, 4) is 11.5 Å². The highest BCUT2D eigenvalue weighted by molar-refractivity contribution is 8.00. The number of hydrogen-bond acceptors (Lipinski definition) is 8. The van der Waals surface area contributed by atoms with Crippen LogP contribution in [0.4, 0.5) is 11.4 Å². The van der Waals surface area contributed by atoms with Crippen LogP contribution in [0.2, 0.25) is 0 Å². The molecule has 0 radical (unpaired) electrons. The fraction of sp³-hybridized carbons (Fsp3) is 0.263. The number of benzene rings is 4. The number of aromatic nitrogens is 1. The minimum Gasteiger partial charge on any atom is -0.497 e. The number of nitrogens with zero attached hydrogens (tertiary/aromatic N) is 1. The van der Waals surface area contributed by atoms with Crippen LogP contribution in [0, 0.1) is 29.6 Å². The Morgan fingerprint density at radius 2 is 1.59 bits per heavy atom. The van der Waals surface area contributed by atoms with Gasteiger partial charge < -0.3 is 19.8 Å². The van der Waals surface area contributed by atoms with Crippen LogP contribution >= 0.6 is 23.1 Å². The van der Waals surface area contributed by atoms with Gasteiger partial charge in [-0.1, -0.05) is 59.9 Å². The highest BCUT2D eigenvalue weighted by Gasteiger charge is 2.69. The lowest BCUT2D eigenvalue weighted by molar-refractivity contribution is -0.123. The van der Waals surface area contributed by atoms with Crippen LogP contribution in [0.25, 0.3) is 10.8 Å². The molecule has 2 bridgehead atoms. The molecule has 1 saturated heterocycles.